The molecule has 0 heterocycles. The third-order valence-corrected chi connectivity index (χ3v) is 3.48. The lowest BCUT2D eigenvalue weighted by molar-refractivity contribution is 0.283. The molecule has 0 aliphatic heterocycles. The quantitative estimate of drug-likeness (QED) is 0.546. The van der Waals surface area contributed by atoms with Gasteiger partial charge in [-0.15, -0.1) is 11.8 Å². The molecule has 2 nitrogen and oxygen atoms in total. The fraction of sp³-hybridized carbons (Fsp3) is 0.571. The van der Waals surface area contributed by atoms with Crippen molar-refractivity contribution in [3.05, 3.63) is 24.3 Å². The maximum absolute atomic E-state index is 8.70. The second-order valence-corrected chi connectivity index (χ2v) is 5.99. The van der Waals surface area contributed by atoms with Crippen molar-refractivity contribution in [2.24, 2.45) is 0 Å². The van der Waals surface area contributed by atoms with Crippen molar-refractivity contribution in [3.8, 4) is 0 Å². The van der Waals surface area contributed by atoms with E-state index in [0.29, 0.717) is 11.9 Å². The third kappa shape index (κ3) is 5.99. The molecule has 0 aliphatic carbocycles. The van der Waals surface area contributed by atoms with Crippen LogP contribution in [-0.4, -0.2) is 23.5 Å². The minimum atomic E-state index is 0.305. The van der Waals surface area contributed by atoms with Crippen LogP contribution in [0.4, 0.5) is 5.69 Å². The van der Waals surface area contributed by atoms with E-state index in [2.05, 4.69) is 43.4 Å². The average Bonchev–Trinajstić information content (AvgIpc) is 2.30. The van der Waals surface area contributed by atoms with Gasteiger partial charge in [0.05, 0.1) is 0 Å². The summed E-state index contributed by atoms with van der Waals surface area (Å²) >= 11 is 1.89. The molecule has 96 valence electrons. The number of hydrogen-bond donors (Lipinski definition) is 2. The summed E-state index contributed by atoms with van der Waals surface area (Å²) in [6, 6.07) is 8.46. The van der Waals surface area contributed by atoms with E-state index in [0.717, 1.165) is 25.8 Å². The summed E-state index contributed by atoms with van der Waals surface area (Å²) < 4.78 is 0. The van der Waals surface area contributed by atoms with E-state index in [-0.39, 0.29) is 0 Å². The monoisotopic (exact) mass is 253 g/mol. The second-order valence-electron chi connectivity index (χ2n) is 4.37. The van der Waals surface area contributed by atoms with E-state index in [9.17, 15) is 0 Å². The highest BCUT2D eigenvalue weighted by Gasteiger charge is 2.03. The SMILES string of the molecule is CC(C)Sc1ccccc1NCCCCCO. The predicted molar refractivity (Wildman–Crippen MR) is 76.9 cm³/mol. The van der Waals surface area contributed by atoms with Crippen LogP contribution in [0, 0.1) is 0 Å². The first kappa shape index (κ1) is 14.4. The highest BCUT2D eigenvalue weighted by atomic mass is 32.2. The molecule has 0 spiro atoms. The number of benzene rings is 1. The fourth-order valence-electron chi connectivity index (χ4n) is 1.61. The normalized spacial score (nSPS) is 10.8. The number of anilines is 1. The minimum Gasteiger partial charge on any atom is -0.396 e. The van der Waals surface area contributed by atoms with Gasteiger partial charge in [-0.2, -0.15) is 0 Å². The number of rotatable bonds is 8. The van der Waals surface area contributed by atoms with Crippen LogP contribution < -0.4 is 5.32 Å². The summed E-state index contributed by atoms with van der Waals surface area (Å²) in [4.78, 5) is 1.32. The summed E-state index contributed by atoms with van der Waals surface area (Å²) in [6.45, 7) is 5.71. The molecule has 0 atom stereocenters. The molecule has 3 heteroatoms. The first-order valence-electron chi connectivity index (χ1n) is 6.34. The van der Waals surface area contributed by atoms with E-state index in [1.165, 1.54) is 10.6 Å². The third-order valence-electron chi connectivity index (χ3n) is 2.40. The molecule has 0 saturated heterocycles. The van der Waals surface area contributed by atoms with Gasteiger partial charge in [-0.25, -0.2) is 0 Å². The zero-order chi connectivity index (χ0) is 12.5. The predicted octanol–water partition coefficient (Wildman–Crippen LogP) is 3.76. The Morgan fingerprint density at radius 2 is 1.94 bits per heavy atom. The van der Waals surface area contributed by atoms with Crippen LogP contribution in [0.5, 0.6) is 0 Å². The Bertz CT molecular complexity index is 315. The smallest absolute Gasteiger partial charge is 0.0478 e. The van der Waals surface area contributed by atoms with Gasteiger partial charge in [-0.3, -0.25) is 0 Å². The topological polar surface area (TPSA) is 32.3 Å². The van der Waals surface area contributed by atoms with Gasteiger partial charge in [0, 0.05) is 29.0 Å². The van der Waals surface area contributed by atoms with Crippen molar-refractivity contribution in [3.63, 3.8) is 0 Å². The van der Waals surface area contributed by atoms with Crippen LogP contribution in [0.25, 0.3) is 0 Å². The summed E-state index contributed by atoms with van der Waals surface area (Å²) in [5.74, 6) is 0. The first-order chi connectivity index (χ1) is 8.24. The standard InChI is InChI=1S/C14H23NOS/c1-12(2)17-14-9-5-4-8-13(14)15-10-6-3-7-11-16/h4-5,8-9,12,15-16H,3,6-7,10-11H2,1-2H3. The summed E-state index contributed by atoms with van der Waals surface area (Å²) in [6.07, 6.45) is 3.11. The Morgan fingerprint density at radius 3 is 2.65 bits per heavy atom. The molecule has 0 saturated carbocycles. The molecule has 17 heavy (non-hydrogen) atoms. The maximum Gasteiger partial charge on any atom is 0.0478 e. The summed E-state index contributed by atoms with van der Waals surface area (Å²) in [7, 11) is 0. The summed E-state index contributed by atoms with van der Waals surface area (Å²) in [5.41, 5.74) is 1.23. The van der Waals surface area contributed by atoms with Gasteiger partial charge in [0.1, 0.15) is 0 Å². The van der Waals surface area contributed by atoms with Crippen molar-refractivity contribution in [2.45, 2.75) is 43.3 Å². The molecule has 2 N–H and O–H groups in total. The Labute approximate surface area is 109 Å². The van der Waals surface area contributed by atoms with Gasteiger partial charge in [0.2, 0.25) is 0 Å². The molecule has 0 radical (unpaired) electrons. The Balaban J connectivity index is 2.40. The lowest BCUT2D eigenvalue weighted by Gasteiger charge is -2.13. The molecule has 0 unspecified atom stereocenters. The number of unbranched alkanes of at least 4 members (excludes halogenated alkanes) is 2. The number of nitrogens with one attached hydrogen (secondary N) is 1. The largest absolute Gasteiger partial charge is 0.396 e. The Kier molecular flexibility index (Phi) is 7.13. The highest BCUT2D eigenvalue weighted by molar-refractivity contribution is 8.00. The van der Waals surface area contributed by atoms with E-state index in [1.54, 1.807) is 0 Å². The number of thioether (sulfide) groups is 1. The molecule has 1 rings (SSSR count). The lowest BCUT2D eigenvalue weighted by atomic mass is 10.2. The van der Waals surface area contributed by atoms with E-state index < -0.39 is 0 Å². The van der Waals surface area contributed by atoms with Gasteiger partial charge >= 0.3 is 0 Å². The fourth-order valence-corrected chi connectivity index (χ4v) is 2.54. The molecule has 1 aromatic rings. The van der Waals surface area contributed by atoms with Crippen LogP contribution >= 0.6 is 11.8 Å². The number of para-hydroxylation sites is 1. The molecule has 0 aromatic heterocycles. The molecule has 1 aromatic carbocycles. The van der Waals surface area contributed by atoms with Crippen molar-refractivity contribution in [2.75, 3.05) is 18.5 Å². The van der Waals surface area contributed by atoms with Crippen LogP contribution in [-0.2, 0) is 0 Å². The first-order valence-corrected chi connectivity index (χ1v) is 7.22. The summed E-state index contributed by atoms with van der Waals surface area (Å²) in [5, 5.41) is 12.8. The second kappa shape index (κ2) is 8.43. The van der Waals surface area contributed by atoms with Gasteiger partial charge in [-0.1, -0.05) is 26.0 Å². The van der Waals surface area contributed by atoms with Crippen molar-refractivity contribution < 1.29 is 5.11 Å². The van der Waals surface area contributed by atoms with Gasteiger partial charge < -0.3 is 10.4 Å². The number of aliphatic hydroxyl groups is 1. The Morgan fingerprint density at radius 1 is 1.18 bits per heavy atom. The van der Waals surface area contributed by atoms with Gasteiger partial charge in [0.25, 0.3) is 0 Å². The average molecular weight is 253 g/mol. The van der Waals surface area contributed by atoms with E-state index in [4.69, 9.17) is 5.11 Å². The van der Waals surface area contributed by atoms with Crippen LogP contribution in [0.2, 0.25) is 0 Å². The van der Waals surface area contributed by atoms with Crippen LogP contribution in [0.1, 0.15) is 33.1 Å². The van der Waals surface area contributed by atoms with Gasteiger partial charge in [-0.05, 0) is 31.4 Å². The molecule has 0 bridgehead atoms. The zero-order valence-corrected chi connectivity index (χ0v) is 11.6. The number of aliphatic hydroxyl groups excluding tert-OH is 1. The van der Waals surface area contributed by atoms with E-state index >= 15 is 0 Å². The molecular formula is C14H23NOS. The molecular weight excluding hydrogens is 230 g/mol. The van der Waals surface area contributed by atoms with Crippen LogP contribution in [0.3, 0.4) is 0 Å². The highest BCUT2D eigenvalue weighted by Crippen LogP contribution is 2.29. The van der Waals surface area contributed by atoms with Crippen molar-refractivity contribution in [1.82, 2.24) is 0 Å². The maximum atomic E-state index is 8.70. The van der Waals surface area contributed by atoms with Gasteiger partial charge in [0.15, 0.2) is 0 Å². The molecule has 0 amide bonds. The number of hydrogen-bond acceptors (Lipinski definition) is 3. The van der Waals surface area contributed by atoms with Crippen molar-refractivity contribution in [1.29, 1.82) is 0 Å². The van der Waals surface area contributed by atoms with E-state index in [1.807, 2.05) is 11.8 Å². The Hall–Kier alpha value is -0.670. The minimum absolute atomic E-state index is 0.305. The van der Waals surface area contributed by atoms with Crippen molar-refractivity contribution >= 4 is 17.4 Å². The lowest BCUT2D eigenvalue weighted by Crippen LogP contribution is -2.03. The molecule has 0 aliphatic rings. The zero-order valence-electron chi connectivity index (χ0n) is 10.8. The molecule has 0 fully saturated rings. The van der Waals surface area contributed by atoms with Crippen LogP contribution in [0.15, 0.2) is 29.2 Å².